The Morgan fingerprint density at radius 1 is 1.31 bits per heavy atom. The largest absolute Gasteiger partial charge is 0.356 e. The number of nitrogens with one attached hydrogen (secondary N) is 2. The number of nitrogens with zero attached hydrogens (tertiary/aromatic N) is 2. The van der Waals surface area contributed by atoms with Crippen LogP contribution in [-0.4, -0.2) is 45.9 Å². The molecule has 3 rings (SSSR count). The van der Waals surface area contributed by atoms with Crippen molar-refractivity contribution in [2.45, 2.75) is 45.6 Å². The number of unbranched alkanes of at least 4 members (excludes halogenated alkanes) is 1. The minimum atomic E-state index is -0.191. The van der Waals surface area contributed by atoms with Crippen LogP contribution in [0.25, 0.3) is 10.9 Å². The number of likely N-dealkylation sites (tertiary alicyclic amines) is 1. The van der Waals surface area contributed by atoms with E-state index in [-0.39, 0.29) is 36.3 Å². The average molecular weight is 417 g/mol. The van der Waals surface area contributed by atoms with Crippen molar-refractivity contribution in [3.63, 3.8) is 0 Å². The van der Waals surface area contributed by atoms with E-state index in [0.717, 1.165) is 25.7 Å². The van der Waals surface area contributed by atoms with Crippen molar-refractivity contribution in [3.05, 3.63) is 39.4 Å². The molecule has 1 atom stereocenters. The lowest BCUT2D eigenvalue weighted by Crippen LogP contribution is -2.45. The fourth-order valence-corrected chi connectivity index (χ4v) is 4.00. The van der Waals surface area contributed by atoms with E-state index in [1.54, 1.807) is 23.1 Å². The number of rotatable bonds is 7. The van der Waals surface area contributed by atoms with E-state index >= 15 is 0 Å². The first-order valence-electron chi connectivity index (χ1n) is 10.3. The molecule has 1 saturated heterocycles. The van der Waals surface area contributed by atoms with Gasteiger partial charge in [0.2, 0.25) is 11.8 Å². The Morgan fingerprint density at radius 2 is 2.10 bits per heavy atom. The second kappa shape index (κ2) is 9.82. The van der Waals surface area contributed by atoms with Crippen LogP contribution >= 0.6 is 12.2 Å². The number of amides is 2. The summed E-state index contributed by atoms with van der Waals surface area (Å²) in [6.45, 7) is 4.08. The van der Waals surface area contributed by atoms with Gasteiger partial charge in [0.05, 0.1) is 16.8 Å². The lowest BCUT2D eigenvalue weighted by atomic mass is 9.97. The summed E-state index contributed by atoms with van der Waals surface area (Å²) >= 11 is 5.31. The minimum absolute atomic E-state index is 0.0316. The fraction of sp³-hybridized carbons (Fsp3) is 0.524. The van der Waals surface area contributed by atoms with Crippen molar-refractivity contribution >= 4 is 34.9 Å². The highest BCUT2D eigenvalue weighted by Crippen LogP contribution is 2.18. The number of fused-ring (bicyclic) bond motifs is 1. The normalized spacial score (nSPS) is 16.7. The van der Waals surface area contributed by atoms with E-state index in [9.17, 15) is 14.4 Å². The molecule has 0 aliphatic carbocycles. The third kappa shape index (κ3) is 5.12. The Hall–Kier alpha value is -2.48. The lowest BCUT2D eigenvalue weighted by Gasteiger charge is -2.32. The van der Waals surface area contributed by atoms with E-state index in [1.807, 2.05) is 6.07 Å². The molecular weight excluding hydrogens is 388 g/mol. The molecule has 1 aliphatic heterocycles. The summed E-state index contributed by atoms with van der Waals surface area (Å²) in [6.07, 6.45) is 3.79. The van der Waals surface area contributed by atoms with Crippen molar-refractivity contribution in [1.82, 2.24) is 19.8 Å². The number of hydrogen-bond acceptors (Lipinski definition) is 4. The van der Waals surface area contributed by atoms with Gasteiger partial charge in [0.25, 0.3) is 5.56 Å². The average Bonchev–Trinajstić information content (AvgIpc) is 2.73. The van der Waals surface area contributed by atoms with Gasteiger partial charge in [-0.25, -0.2) is 0 Å². The predicted octanol–water partition coefficient (Wildman–Crippen LogP) is 2.60. The van der Waals surface area contributed by atoms with E-state index < -0.39 is 0 Å². The van der Waals surface area contributed by atoms with Crippen LogP contribution in [0.2, 0.25) is 0 Å². The van der Waals surface area contributed by atoms with Crippen molar-refractivity contribution in [1.29, 1.82) is 0 Å². The highest BCUT2D eigenvalue weighted by Gasteiger charge is 2.28. The molecule has 1 aromatic heterocycles. The summed E-state index contributed by atoms with van der Waals surface area (Å²) in [7, 11) is 0. The number of piperidine rings is 1. The summed E-state index contributed by atoms with van der Waals surface area (Å²) < 4.78 is 1.75. The maximum Gasteiger partial charge on any atom is 0.262 e. The van der Waals surface area contributed by atoms with Crippen molar-refractivity contribution < 1.29 is 9.59 Å². The first-order valence-corrected chi connectivity index (χ1v) is 10.7. The predicted molar refractivity (Wildman–Crippen MR) is 115 cm³/mol. The molecule has 1 aromatic carbocycles. The molecule has 1 aliphatic rings. The summed E-state index contributed by atoms with van der Waals surface area (Å²) in [5.41, 5.74) is 0.502. The zero-order chi connectivity index (χ0) is 20.8. The van der Waals surface area contributed by atoms with Crippen molar-refractivity contribution in [3.8, 4) is 0 Å². The molecule has 7 nitrogen and oxygen atoms in total. The van der Waals surface area contributed by atoms with Crippen LogP contribution in [0.5, 0.6) is 0 Å². The van der Waals surface area contributed by atoms with Gasteiger partial charge in [0, 0.05) is 32.6 Å². The van der Waals surface area contributed by atoms with Crippen LogP contribution in [0.4, 0.5) is 0 Å². The molecular formula is C21H28N4O3S. The second-order valence-electron chi connectivity index (χ2n) is 7.51. The molecule has 2 heterocycles. The molecule has 0 spiro atoms. The molecule has 0 radical (unpaired) electrons. The summed E-state index contributed by atoms with van der Waals surface area (Å²) in [5, 5.41) is 3.51. The number of benzene rings is 1. The highest BCUT2D eigenvalue weighted by molar-refractivity contribution is 7.71. The summed E-state index contributed by atoms with van der Waals surface area (Å²) in [5.74, 6) is -0.176. The monoisotopic (exact) mass is 416 g/mol. The smallest absolute Gasteiger partial charge is 0.262 e. The van der Waals surface area contributed by atoms with Crippen LogP contribution in [0, 0.1) is 10.7 Å². The molecule has 1 fully saturated rings. The number of carbonyl (C=O) groups is 2. The first kappa shape index (κ1) is 21.2. The molecule has 1 unspecified atom stereocenters. The van der Waals surface area contributed by atoms with Crippen LogP contribution in [-0.2, 0) is 16.1 Å². The minimum Gasteiger partial charge on any atom is -0.356 e. The zero-order valence-electron chi connectivity index (χ0n) is 16.8. The van der Waals surface area contributed by atoms with Crippen LogP contribution in [0.1, 0.15) is 39.0 Å². The van der Waals surface area contributed by atoms with E-state index in [4.69, 9.17) is 12.2 Å². The zero-order valence-corrected chi connectivity index (χ0v) is 17.6. The molecule has 8 heteroatoms. The Balaban J connectivity index is 1.62. The highest BCUT2D eigenvalue weighted by atomic mass is 32.1. The number of carbonyl (C=O) groups excluding carboxylic acids is 2. The second-order valence-corrected chi connectivity index (χ2v) is 7.89. The van der Waals surface area contributed by atoms with Gasteiger partial charge >= 0.3 is 0 Å². The standard InChI is InChI=1S/C21H28N4O3S/c1-2-3-11-22-19(27)15-7-6-12-24(14-15)18(26)10-13-25-20(28)16-8-4-5-9-17(16)23-21(25)29/h4-5,8-9,15H,2-3,6-7,10-14H2,1H3,(H,22,27)(H,23,29). The van der Waals surface area contributed by atoms with Crippen molar-refractivity contribution in [2.75, 3.05) is 19.6 Å². The number of aromatic nitrogens is 2. The third-order valence-corrected chi connectivity index (χ3v) is 5.74. The van der Waals surface area contributed by atoms with Gasteiger partial charge in [-0.1, -0.05) is 25.5 Å². The van der Waals surface area contributed by atoms with Gasteiger partial charge < -0.3 is 15.2 Å². The molecule has 156 valence electrons. The SMILES string of the molecule is CCCCNC(=O)C1CCCN(C(=O)CCn2c(=S)[nH]c3ccccc3c2=O)C1. The summed E-state index contributed by atoms with van der Waals surface area (Å²) in [6, 6.07) is 7.19. The summed E-state index contributed by atoms with van der Waals surface area (Å²) in [4.78, 5) is 42.5. The van der Waals surface area contributed by atoms with Crippen LogP contribution < -0.4 is 10.9 Å². The quantitative estimate of drug-likeness (QED) is 0.537. The molecule has 2 aromatic rings. The Kier molecular flexibility index (Phi) is 7.19. The number of hydrogen-bond donors (Lipinski definition) is 2. The topological polar surface area (TPSA) is 87.2 Å². The van der Waals surface area contributed by atoms with Gasteiger partial charge in [-0.3, -0.25) is 19.0 Å². The number of aromatic amines is 1. The molecule has 0 bridgehead atoms. The molecule has 29 heavy (non-hydrogen) atoms. The van der Waals surface area contributed by atoms with Gasteiger partial charge in [-0.15, -0.1) is 0 Å². The molecule has 2 amide bonds. The Bertz CT molecular complexity index is 997. The van der Waals surface area contributed by atoms with E-state index in [2.05, 4.69) is 17.2 Å². The van der Waals surface area contributed by atoms with Crippen LogP contribution in [0.15, 0.2) is 29.1 Å². The maximum atomic E-state index is 12.7. The molecule has 2 N–H and O–H groups in total. The number of para-hydroxylation sites is 1. The van der Waals surface area contributed by atoms with Gasteiger partial charge in [0.15, 0.2) is 4.77 Å². The van der Waals surface area contributed by atoms with Gasteiger partial charge in [-0.05, 0) is 43.6 Å². The fourth-order valence-electron chi connectivity index (χ4n) is 3.72. The maximum absolute atomic E-state index is 12.7. The van der Waals surface area contributed by atoms with Gasteiger partial charge in [-0.2, -0.15) is 0 Å². The Morgan fingerprint density at radius 3 is 2.90 bits per heavy atom. The van der Waals surface area contributed by atoms with Crippen LogP contribution in [0.3, 0.4) is 0 Å². The molecule has 0 saturated carbocycles. The first-order chi connectivity index (χ1) is 14.0. The lowest BCUT2D eigenvalue weighted by molar-refractivity contribution is -0.135. The third-order valence-electron chi connectivity index (χ3n) is 5.41. The number of H-pyrrole nitrogens is 1. The van der Waals surface area contributed by atoms with E-state index in [1.165, 1.54) is 4.57 Å². The Labute approximate surface area is 175 Å². The van der Waals surface area contributed by atoms with Gasteiger partial charge in [0.1, 0.15) is 0 Å². The van der Waals surface area contributed by atoms with E-state index in [0.29, 0.717) is 35.3 Å². The van der Waals surface area contributed by atoms with Crippen molar-refractivity contribution in [2.24, 2.45) is 5.92 Å².